The number of thioether (sulfide) groups is 1. The molecule has 1 aliphatic rings. The first kappa shape index (κ1) is 17.7. The molecule has 0 bridgehead atoms. The van der Waals surface area contributed by atoms with E-state index in [1.54, 1.807) is 18.7 Å². The molecule has 1 amide bonds. The van der Waals surface area contributed by atoms with Gasteiger partial charge in [0, 0.05) is 12.2 Å². The molecule has 1 N–H and O–H groups in total. The van der Waals surface area contributed by atoms with Crippen LogP contribution in [0.5, 0.6) is 0 Å². The molecule has 0 radical (unpaired) electrons. The van der Waals surface area contributed by atoms with Crippen LogP contribution in [-0.4, -0.2) is 23.0 Å². The van der Waals surface area contributed by atoms with Crippen molar-refractivity contribution in [3.8, 4) is 6.07 Å². The Morgan fingerprint density at radius 1 is 1.43 bits per heavy atom. The van der Waals surface area contributed by atoms with Crippen LogP contribution in [0.15, 0.2) is 24.3 Å². The first-order valence-corrected chi connectivity index (χ1v) is 8.38. The molecule has 1 aromatic carbocycles. The predicted molar refractivity (Wildman–Crippen MR) is 82.9 cm³/mol. The van der Waals surface area contributed by atoms with Crippen LogP contribution in [0.4, 0.5) is 13.2 Å². The second kappa shape index (κ2) is 6.83. The second-order valence-corrected chi connectivity index (χ2v) is 6.87. The van der Waals surface area contributed by atoms with Crippen LogP contribution in [0, 0.1) is 11.3 Å². The van der Waals surface area contributed by atoms with Crippen molar-refractivity contribution in [3.05, 3.63) is 35.4 Å². The Kier molecular flexibility index (Phi) is 5.25. The van der Waals surface area contributed by atoms with Gasteiger partial charge in [0.1, 0.15) is 5.54 Å². The fourth-order valence-corrected chi connectivity index (χ4v) is 3.76. The number of nitrogens with zero attached hydrogens (tertiary/aromatic N) is 1. The highest BCUT2D eigenvalue weighted by Crippen LogP contribution is 2.31. The molecule has 124 valence electrons. The standard InChI is InChI=1S/C16H17F3N2OS/c1-11(12-2-4-13(5-3-12)16(17,18)19)8-14(22)21-15(9-20)6-7-23-10-15/h2-5,11H,6-8,10H2,1H3,(H,21,22)/t11-,15-/m1/s1. The quantitative estimate of drug-likeness (QED) is 0.907. The van der Waals surface area contributed by atoms with Gasteiger partial charge in [0.05, 0.1) is 11.6 Å². The van der Waals surface area contributed by atoms with E-state index >= 15 is 0 Å². The number of hydrogen-bond acceptors (Lipinski definition) is 3. The van der Waals surface area contributed by atoms with Gasteiger partial charge in [0.25, 0.3) is 0 Å². The van der Waals surface area contributed by atoms with Crippen molar-refractivity contribution >= 4 is 17.7 Å². The fourth-order valence-electron chi connectivity index (χ4n) is 2.49. The molecular weight excluding hydrogens is 325 g/mol. The van der Waals surface area contributed by atoms with E-state index in [-0.39, 0.29) is 18.2 Å². The summed E-state index contributed by atoms with van der Waals surface area (Å²) in [6, 6.07) is 7.00. The highest BCUT2D eigenvalue weighted by Gasteiger charge is 2.36. The van der Waals surface area contributed by atoms with Crippen molar-refractivity contribution in [3.63, 3.8) is 0 Å². The van der Waals surface area contributed by atoms with Crippen molar-refractivity contribution in [2.45, 2.75) is 37.4 Å². The molecule has 1 saturated heterocycles. The van der Waals surface area contributed by atoms with Gasteiger partial charge in [-0.25, -0.2) is 0 Å². The zero-order chi connectivity index (χ0) is 17.1. The van der Waals surface area contributed by atoms with Gasteiger partial charge in [-0.15, -0.1) is 0 Å². The summed E-state index contributed by atoms with van der Waals surface area (Å²) in [6.07, 6.45) is -3.60. The lowest BCUT2D eigenvalue weighted by atomic mass is 9.95. The number of amides is 1. The molecule has 1 aromatic rings. The average Bonchev–Trinajstić information content (AvgIpc) is 2.95. The summed E-state index contributed by atoms with van der Waals surface area (Å²) < 4.78 is 37.6. The Hall–Kier alpha value is -1.68. The van der Waals surface area contributed by atoms with Crippen LogP contribution in [-0.2, 0) is 11.0 Å². The summed E-state index contributed by atoms with van der Waals surface area (Å²) in [4.78, 5) is 12.1. The highest BCUT2D eigenvalue weighted by molar-refractivity contribution is 7.99. The lowest BCUT2D eigenvalue weighted by molar-refractivity contribution is -0.137. The Morgan fingerprint density at radius 2 is 2.09 bits per heavy atom. The summed E-state index contributed by atoms with van der Waals surface area (Å²) in [5.41, 5.74) is -0.842. The molecule has 0 spiro atoms. The van der Waals surface area contributed by atoms with Crippen LogP contribution < -0.4 is 5.32 Å². The summed E-state index contributed by atoms with van der Waals surface area (Å²) in [6.45, 7) is 1.78. The van der Waals surface area contributed by atoms with Gasteiger partial charge in [-0.1, -0.05) is 19.1 Å². The normalized spacial score (nSPS) is 22.4. The van der Waals surface area contributed by atoms with Gasteiger partial charge in [0.15, 0.2) is 0 Å². The fraction of sp³-hybridized carbons (Fsp3) is 0.500. The summed E-state index contributed by atoms with van der Waals surface area (Å²) >= 11 is 1.62. The van der Waals surface area contributed by atoms with Crippen molar-refractivity contribution in [2.24, 2.45) is 0 Å². The number of nitriles is 1. The number of nitrogens with one attached hydrogen (secondary N) is 1. The molecule has 2 rings (SSSR count). The molecule has 0 aliphatic carbocycles. The third-order valence-corrected chi connectivity index (χ3v) is 5.10. The van der Waals surface area contributed by atoms with Crippen LogP contribution in [0.3, 0.4) is 0 Å². The van der Waals surface area contributed by atoms with Gasteiger partial charge in [-0.3, -0.25) is 4.79 Å². The predicted octanol–water partition coefficient (Wildman–Crippen LogP) is 3.71. The summed E-state index contributed by atoms with van der Waals surface area (Å²) in [5.74, 6) is 0.940. The second-order valence-electron chi connectivity index (χ2n) is 5.77. The van der Waals surface area contributed by atoms with Crippen LogP contribution in [0.25, 0.3) is 0 Å². The van der Waals surface area contributed by atoms with E-state index in [1.165, 1.54) is 12.1 Å². The van der Waals surface area contributed by atoms with Gasteiger partial charge >= 0.3 is 6.18 Å². The molecule has 3 nitrogen and oxygen atoms in total. The molecule has 23 heavy (non-hydrogen) atoms. The molecule has 0 aromatic heterocycles. The largest absolute Gasteiger partial charge is 0.416 e. The molecular formula is C16H17F3N2OS. The number of carbonyl (C=O) groups excluding carboxylic acids is 1. The van der Waals surface area contributed by atoms with Crippen LogP contribution in [0.1, 0.15) is 36.8 Å². The SMILES string of the molecule is C[C@H](CC(=O)N[C@@]1(C#N)CCSC1)c1ccc(C(F)(F)F)cc1. The van der Waals surface area contributed by atoms with E-state index < -0.39 is 17.3 Å². The van der Waals surface area contributed by atoms with Crippen LogP contribution in [0.2, 0.25) is 0 Å². The maximum absolute atomic E-state index is 12.5. The van der Waals surface area contributed by atoms with Crippen molar-refractivity contribution in [2.75, 3.05) is 11.5 Å². The molecule has 7 heteroatoms. The van der Waals surface area contributed by atoms with Gasteiger partial charge in [0.2, 0.25) is 5.91 Å². The van der Waals surface area contributed by atoms with E-state index in [0.717, 1.165) is 17.9 Å². The summed E-state index contributed by atoms with van der Waals surface area (Å²) in [5, 5.41) is 12.0. The minimum absolute atomic E-state index is 0.138. The minimum atomic E-state index is -4.36. The third-order valence-electron chi connectivity index (χ3n) is 3.91. The molecule has 0 saturated carbocycles. The van der Waals surface area contributed by atoms with Gasteiger partial charge in [-0.05, 0) is 35.8 Å². The minimum Gasteiger partial charge on any atom is -0.337 e. The molecule has 0 unspecified atom stereocenters. The third kappa shape index (κ3) is 4.41. The Morgan fingerprint density at radius 3 is 2.57 bits per heavy atom. The number of benzene rings is 1. The number of hydrogen-bond donors (Lipinski definition) is 1. The first-order chi connectivity index (χ1) is 10.8. The lowest BCUT2D eigenvalue weighted by Crippen LogP contribution is -2.47. The van der Waals surface area contributed by atoms with Crippen molar-refractivity contribution < 1.29 is 18.0 Å². The highest BCUT2D eigenvalue weighted by atomic mass is 32.2. The van der Waals surface area contributed by atoms with Crippen molar-refractivity contribution in [1.82, 2.24) is 5.32 Å². The van der Waals surface area contributed by atoms with Crippen molar-refractivity contribution in [1.29, 1.82) is 5.26 Å². The average molecular weight is 342 g/mol. The number of halogens is 3. The maximum atomic E-state index is 12.5. The Bertz CT molecular complexity index is 601. The monoisotopic (exact) mass is 342 g/mol. The molecule has 1 heterocycles. The van der Waals surface area contributed by atoms with Crippen LogP contribution >= 0.6 is 11.8 Å². The molecule has 2 atom stereocenters. The maximum Gasteiger partial charge on any atom is 0.416 e. The first-order valence-electron chi connectivity index (χ1n) is 7.23. The molecule has 1 aliphatic heterocycles. The Balaban J connectivity index is 1.97. The Labute approximate surface area is 137 Å². The van der Waals surface area contributed by atoms with Gasteiger partial charge in [-0.2, -0.15) is 30.2 Å². The topological polar surface area (TPSA) is 52.9 Å². The van der Waals surface area contributed by atoms with Gasteiger partial charge < -0.3 is 5.32 Å². The van der Waals surface area contributed by atoms with E-state index in [9.17, 15) is 23.2 Å². The zero-order valence-electron chi connectivity index (χ0n) is 12.6. The lowest BCUT2D eigenvalue weighted by Gasteiger charge is -2.22. The zero-order valence-corrected chi connectivity index (χ0v) is 13.4. The number of carbonyl (C=O) groups is 1. The van der Waals surface area contributed by atoms with E-state index in [4.69, 9.17) is 0 Å². The van der Waals surface area contributed by atoms with E-state index in [0.29, 0.717) is 17.7 Å². The number of alkyl halides is 3. The number of rotatable bonds is 4. The summed E-state index contributed by atoms with van der Waals surface area (Å²) in [7, 11) is 0. The molecule has 1 fully saturated rings. The van der Waals surface area contributed by atoms with E-state index in [2.05, 4.69) is 11.4 Å². The van der Waals surface area contributed by atoms with E-state index in [1.807, 2.05) is 0 Å². The smallest absolute Gasteiger partial charge is 0.337 e.